The summed E-state index contributed by atoms with van der Waals surface area (Å²) in [6.07, 6.45) is -4.67. The molecule has 7 nitrogen and oxygen atoms in total. The maximum absolute atomic E-state index is 13.3. The van der Waals surface area contributed by atoms with E-state index in [9.17, 15) is 22.8 Å². The quantitative estimate of drug-likeness (QED) is 0.286. The number of anilines is 1. The average molecular weight is 540 g/mol. The van der Waals surface area contributed by atoms with Crippen molar-refractivity contribution in [2.75, 3.05) is 11.1 Å². The Morgan fingerprint density at radius 2 is 1.66 bits per heavy atom. The molecule has 4 rings (SSSR count). The molecular formula is C27H24F3N5O2S. The van der Waals surface area contributed by atoms with Crippen molar-refractivity contribution in [1.29, 1.82) is 0 Å². The first-order valence-corrected chi connectivity index (χ1v) is 12.6. The molecule has 0 saturated carbocycles. The van der Waals surface area contributed by atoms with Crippen LogP contribution in [-0.2, 0) is 17.5 Å². The molecule has 0 aliphatic carbocycles. The molecule has 0 aliphatic rings. The first-order chi connectivity index (χ1) is 18.1. The van der Waals surface area contributed by atoms with E-state index in [1.54, 1.807) is 28.8 Å². The minimum atomic E-state index is -4.67. The number of aryl methyl sites for hydroxylation is 2. The molecule has 4 aromatic rings. The van der Waals surface area contributed by atoms with Crippen LogP contribution in [-0.4, -0.2) is 32.3 Å². The summed E-state index contributed by atoms with van der Waals surface area (Å²) in [4.78, 5) is 25.3. The van der Waals surface area contributed by atoms with E-state index in [0.717, 1.165) is 40.7 Å². The number of halogens is 3. The smallest absolute Gasteiger partial charge is 0.345 e. The largest absolute Gasteiger partial charge is 0.417 e. The van der Waals surface area contributed by atoms with E-state index in [-0.39, 0.29) is 18.2 Å². The van der Waals surface area contributed by atoms with Gasteiger partial charge in [0.05, 0.1) is 23.4 Å². The van der Waals surface area contributed by atoms with Crippen LogP contribution in [0, 0.1) is 13.8 Å². The van der Waals surface area contributed by atoms with Gasteiger partial charge in [0, 0.05) is 11.4 Å². The number of thioether (sulfide) groups is 1. The zero-order chi connectivity index (χ0) is 27.3. The Morgan fingerprint density at radius 1 is 0.947 bits per heavy atom. The van der Waals surface area contributed by atoms with Crippen LogP contribution in [0.4, 0.5) is 18.9 Å². The molecule has 1 aromatic heterocycles. The van der Waals surface area contributed by atoms with Gasteiger partial charge in [0.25, 0.3) is 5.91 Å². The number of hydrogen-bond acceptors (Lipinski definition) is 5. The molecule has 1 heterocycles. The summed E-state index contributed by atoms with van der Waals surface area (Å²) in [7, 11) is 0. The third kappa shape index (κ3) is 6.41. The van der Waals surface area contributed by atoms with Gasteiger partial charge in [0.2, 0.25) is 5.91 Å². The van der Waals surface area contributed by atoms with Gasteiger partial charge in [-0.1, -0.05) is 54.2 Å². The number of carbonyl (C=O) groups is 2. The summed E-state index contributed by atoms with van der Waals surface area (Å²) < 4.78 is 41.7. The minimum Gasteiger partial charge on any atom is -0.345 e. The average Bonchev–Trinajstić information content (AvgIpc) is 3.31. The van der Waals surface area contributed by atoms with Gasteiger partial charge >= 0.3 is 6.18 Å². The maximum Gasteiger partial charge on any atom is 0.417 e. The van der Waals surface area contributed by atoms with Gasteiger partial charge in [-0.15, -0.1) is 10.2 Å². The fraction of sp³-hybridized carbons (Fsp3) is 0.185. The lowest BCUT2D eigenvalue weighted by Crippen LogP contribution is -2.27. The Kier molecular flexibility index (Phi) is 8.16. The topological polar surface area (TPSA) is 88.9 Å². The predicted molar refractivity (Wildman–Crippen MR) is 139 cm³/mol. The molecule has 11 heteroatoms. The highest BCUT2D eigenvalue weighted by Gasteiger charge is 2.34. The number of rotatable bonds is 8. The highest BCUT2D eigenvalue weighted by molar-refractivity contribution is 7.99. The number of alkyl halides is 3. The SMILES string of the molecule is Cc1ccc(C)c(NC(=O)CSc2nnc(CNC(=O)c3ccccc3C(F)(F)F)n2-c2ccccc2)c1. The Balaban J connectivity index is 1.51. The van der Waals surface area contributed by atoms with Crippen molar-refractivity contribution < 1.29 is 22.8 Å². The molecule has 196 valence electrons. The van der Waals surface area contributed by atoms with Gasteiger partial charge < -0.3 is 10.6 Å². The number of benzene rings is 3. The van der Waals surface area contributed by atoms with Crippen LogP contribution in [0.2, 0.25) is 0 Å². The highest BCUT2D eigenvalue weighted by Crippen LogP contribution is 2.32. The Labute approximate surface area is 221 Å². The van der Waals surface area contributed by atoms with Crippen LogP contribution < -0.4 is 10.6 Å². The van der Waals surface area contributed by atoms with E-state index in [0.29, 0.717) is 16.7 Å². The van der Waals surface area contributed by atoms with Crippen molar-refractivity contribution in [2.45, 2.75) is 31.7 Å². The van der Waals surface area contributed by atoms with E-state index in [2.05, 4.69) is 20.8 Å². The van der Waals surface area contributed by atoms with Crippen molar-refractivity contribution in [3.05, 3.63) is 101 Å². The lowest BCUT2D eigenvalue weighted by molar-refractivity contribution is -0.138. The first kappa shape index (κ1) is 26.9. The monoisotopic (exact) mass is 539 g/mol. The molecule has 3 aromatic carbocycles. The molecule has 0 fully saturated rings. The number of para-hydroxylation sites is 1. The number of carbonyl (C=O) groups excluding carboxylic acids is 2. The number of aromatic nitrogens is 3. The summed E-state index contributed by atoms with van der Waals surface area (Å²) in [5, 5.41) is 14.1. The molecule has 0 radical (unpaired) electrons. The molecule has 2 N–H and O–H groups in total. The van der Waals surface area contributed by atoms with Gasteiger partial charge in [-0.2, -0.15) is 13.2 Å². The lowest BCUT2D eigenvalue weighted by Gasteiger charge is -2.14. The van der Waals surface area contributed by atoms with Crippen molar-refractivity contribution in [3.63, 3.8) is 0 Å². The van der Waals surface area contributed by atoms with Gasteiger partial charge in [-0.05, 0) is 55.3 Å². The zero-order valence-electron chi connectivity index (χ0n) is 20.5. The second-order valence-corrected chi connectivity index (χ2v) is 9.39. The Morgan fingerprint density at radius 3 is 2.39 bits per heavy atom. The number of nitrogens with zero attached hydrogens (tertiary/aromatic N) is 3. The van der Waals surface area contributed by atoms with E-state index in [4.69, 9.17) is 0 Å². The van der Waals surface area contributed by atoms with Crippen LogP contribution in [0.5, 0.6) is 0 Å². The molecule has 0 saturated heterocycles. The first-order valence-electron chi connectivity index (χ1n) is 11.6. The molecule has 2 amide bonds. The van der Waals surface area contributed by atoms with Gasteiger partial charge in [-0.3, -0.25) is 14.2 Å². The number of nitrogens with one attached hydrogen (secondary N) is 2. The maximum atomic E-state index is 13.3. The molecular weight excluding hydrogens is 515 g/mol. The predicted octanol–water partition coefficient (Wildman–Crippen LogP) is 5.56. The van der Waals surface area contributed by atoms with E-state index >= 15 is 0 Å². The summed E-state index contributed by atoms with van der Waals surface area (Å²) in [5.74, 6) is -0.775. The van der Waals surface area contributed by atoms with Crippen LogP contribution in [0.3, 0.4) is 0 Å². The Hall–Kier alpha value is -4.12. The second kappa shape index (κ2) is 11.5. The fourth-order valence-electron chi connectivity index (χ4n) is 3.71. The normalized spacial score (nSPS) is 11.3. The standard InChI is InChI=1S/C27H24F3N5O2S/c1-17-12-13-18(2)22(14-17)32-24(36)16-38-26-34-33-23(35(26)19-8-4-3-5-9-19)15-31-25(37)20-10-6-7-11-21(20)27(28,29)30/h3-14H,15-16H2,1-2H3,(H,31,37)(H,32,36). The van der Waals surface area contributed by atoms with Crippen LogP contribution >= 0.6 is 11.8 Å². The molecule has 0 spiro atoms. The van der Waals surface area contributed by atoms with E-state index in [1.807, 2.05) is 38.1 Å². The van der Waals surface area contributed by atoms with E-state index < -0.39 is 23.2 Å². The summed E-state index contributed by atoms with van der Waals surface area (Å²) in [6, 6.07) is 19.4. The molecule has 38 heavy (non-hydrogen) atoms. The highest BCUT2D eigenvalue weighted by atomic mass is 32.2. The second-order valence-electron chi connectivity index (χ2n) is 8.45. The fourth-order valence-corrected chi connectivity index (χ4v) is 4.49. The molecule has 0 atom stereocenters. The minimum absolute atomic E-state index is 0.0453. The van der Waals surface area contributed by atoms with Crippen molar-refractivity contribution >= 4 is 29.3 Å². The third-order valence-electron chi connectivity index (χ3n) is 5.60. The molecule has 0 bridgehead atoms. The van der Waals surface area contributed by atoms with E-state index in [1.165, 1.54) is 12.1 Å². The zero-order valence-corrected chi connectivity index (χ0v) is 21.4. The van der Waals surface area contributed by atoms with Gasteiger partial charge in [0.1, 0.15) is 0 Å². The van der Waals surface area contributed by atoms with Gasteiger partial charge in [0.15, 0.2) is 11.0 Å². The van der Waals surface area contributed by atoms with Gasteiger partial charge in [-0.25, -0.2) is 0 Å². The number of hydrogen-bond donors (Lipinski definition) is 2. The van der Waals surface area contributed by atoms with Crippen molar-refractivity contribution in [2.24, 2.45) is 0 Å². The summed E-state index contributed by atoms with van der Waals surface area (Å²) in [5.41, 5.74) is 1.85. The Bertz CT molecular complexity index is 1450. The number of amides is 2. The lowest BCUT2D eigenvalue weighted by atomic mass is 10.1. The van der Waals surface area contributed by atoms with Crippen LogP contribution in [0.15, 0.2) is 78.0 Å². The molecule has 0 aliphatic heterocycles. The van der Waals surface area contributed by atoms with Crippen molar-refractivity contribution in [1.82, 2.24) is 20.1 Å². The third-order valence-corrected chi connectivity index (χ3v) is 6.53. The van der Waals surface area contributed by atoms with Crippen LogP contribution in [0.25, 0.3) is 5.69 Å². The summed E-state index contributed by atoms with van der Waals surface area (Å²) in [6.45, 7) is 3.66. The summed E-state index contributed by atoms with van der Waals surface area (Å²) >= 11 is 1.15. The van der Waals surface area contributed by atoms with Crippen LogP contribution in [0.1, 0.15) is 32.9 Å². The molecule has 0 unspecified atom stereocenters. The van der Waals surface area contributed by atoms with Crippen molar-refractivity contribution in [3.8, 4) is 5.69 Å².